The highest BCUT2D eigenvalue weighted by Gasteiger charge is 2.30. The molecular formula is C77H150O17P2. The Labute approximate surface area is 588 Å². The average molecular weight is 1410 g/mol. The number of aliphatic hydroxyl groups excluding tert-OH is 1. The number of esters is 4. The zero-order chi connectivity index (χ0) is 70.4. The van der Waals surface area contributed by atoms with Crippen LogP contribution in [-0.2, 0) is 65.4 Å². The van der Waals surface area contributed by atoms with Crippen molar-refractivity contribution >= 4 is 39.5 Å². The lowest BCUT2D eigenvalue weighted by Crippen LogP contribution is -2.30. The molecule has 0 spiro atoms. The normalized spacial score (nSPS) is 13.9. The van der Waals surface area contributed by atoms with E-state index in [2.05, 4.69) is 27.7 Å². The lowest BCUT2D eigenvalue weighted by atomic mass is 10.0. The SMILES string of the molecule is CCCCCCCCCCCCCCCCCCCC(=O)OC[C@H](COP(=O)(O)OC[C@H](O)COP(=O)(O)OC[C@@H](COC(=O)CCCCCCCCCCCCCCC)OC(=O)CCCCCCCCCCCCCCC)OC(=O)CCCCCCCCCCCCCCC. The highest BCUT2D eigenvalue weighted by atomic mass is 31.2. The monoisotopic (exact) mass is 1410 g/mol. The Kier molecular flexibility index (Phi) is 70.0. The summed E-state index contributed by atoms with van der Waals surface area (Å²) in [7, 11) is -9.91. The zero-order valence-electron chi connectivity index (χ0n) is 62.4. The number of hydrogen-bond acceptors (Lipinski definition) is 15. The fourth-order valence-electron chi connectivity index (χ4n) is 11.9. The fraction of sp³-hybridized carbons (Fsp3) is 0.948. The van der Waals surface area contributed by atoms with Gasteiger partial charge in [0.25, 0.3) is 0 Å². The number of ether oxygens (including phenoxy) is 4. The molecule has 0 bridgehead atoms. The molecule has 570 valence electrons. The van der Waals surface area contributed by atoms with Crippen LogP contribution in [-0.4, -0.2) is 96.7 Å². The molecule has 0 aliphatic heterocycles. The van der Waals surface area contributed by atoms with Crippen LogP contribution in [0.2, 0.25) is 0 Å². The Balaban J connectivity index is 5.24. The van der Waals surface area contributed by atoms with Gasteiger partial charge in [0.05, 0.1) is 26.4 Å². The van der Waals surface area contributed by atoms with Crippen LogP contribution in [0.15, 0.2) is 0 Å². The van der Waals surface area contributed by atoms with Crippen molar-refractivity contribution in [1.82, 2.24) is 0 Å². The molecule has 0 amide bonds. The van der Waals surface area contributed by atoms with Crippen molar-refractivity contribution in [2.75, 3.05) is 39.6 Å². The van der Waals surface area contributed by atoms with E-state index in [1.807, 2.05) is 0 Å². The largest absolute Gasteiger partial charge is 0.472 e. The van der Waals surface area contributed by atoms with E-state index in [4.69, 9.17) is 37.0 Å². The molecule has 0 aliphatic carbocycles. The highest BCUT2D eigenvalue weighted by molar-refractivity contribution is 7.47. The van der Waals surface area contributed by atoms with E-state index in [1.54, 1.807) is 0 Å². The summed E-state index contributed by atoms with van der Waals surface area (Å²) in [4.78, 5) is 72.9. The van der Waals surface area contributed by atoms with Gasteiger partial charge >= 0.3 is 39.5 Å². The number of rotatable bonds is 78. The molecule has 17 nitrogen and oxygen atoms in total. The van der Waals surface area contributed by atoms with Crippen LogP contribution in [0, 0.1) is 0 Å². The van der Waals surface area contributed by atoms with Gasteiger partial charge in [0.1, 0.15) is 19.3 Å². The van der Waals surface area contributed by atoms with Crippen LogP contribution < -0.4 is 0 Å². The van der Waals surface area contributed by atoms with Crippen molar-refractivity contribution in [2.45, 2.75) is 431 Å². The number of hydrogen-bond donors (Lipinski definition) is 3. The molecule has 0 aromatic heterocycles. The Morgan fingerprint density at radius 1 is 0.250 bits per heavy atom. The molecule has 0 saturated heterocycles. The van der Waals surface area contributed by atoms with Crippen molar-refractivity contribution in [2.24, 2.45) is 0 Å². The lowest BCUT2D eigenvalue weighted by molar-refractivity contribution is -0.161. The number of phosphoric acid groups is 2. The number of carbonyl (C=O) groups is 4. The minimum Gasteiger partial charge on any atom is -0.462 e. The first-order chi connectivity index (χ1) is 46.7. The predicted molar refractivity (Wildman–Crippen MR) is 391 cm³/mol. The summed E-state index contributed by atoms with van der Waals surface area (Å²) in [5, 5.41) is 10.6. The van der Waals surface area contributed by atoms with Crippen LogP contribution in [0.3, 0.4) is 0 Å². The summed E-state index contributed by atoms with van der Waals surface area (Å²) in [6.45, 7) is 5.01. The van der Waals surface area contributed by atoms with E-state index in [0.717, 1.165) is 89.9 Å². The second-order valence-corrected chi connectivity index (χ2v) is 30.7. The maximum Gasteiger partial charge on any atom is 0.472 e. The third kappa shape index (κ3) is 70.5. The molecule has 2 unspecified atom stereocenters. The third-order valence-electron chi connectivity index (χ3n) is 18.1. The molecule has 0 fully saturated rings. The highest BCUT2D eigenvalue weighted by Crippen LogP contribution is 2.45. The van der Waals surface area contributed by atoms with Crippen molar-refractivity contribution in [3.63, 3.8) is 0 Å². The van der Waals surface area contributed by atoms with Gasteiger partial charge in [-0.25, -0.2) is 9.13 Å². The van der Waals surface area contributed by atoms with Crippen LogP contribution in [0.5, 0.6) is 0 Å². The van der Waals surface area contributed by atoms with Gasteiger partial charge in [-0.2, -0.15) is 0 Å². The van der Waals surface area contributed by atoms with Gasteiger partial charge < -0.3 is 33.8 Å². The van der Waals surface area contributed by atoms with Gasteiger partial charge in [-0.05, 0) is 25.7 Å². The number of phosphoric ester groups is 2. The first-order valence-corrected chi connectivity index (χ1v) is 43.3. The molecule has 0 aromatic rings. The number of carbonyl (C=O) groups excluding carboxylic acids is 4. The van der Waals surface area contributed by atoms with Crippen LogP contribution in [0.1, 0.15) is 413 Å². The molecule has 3 N–H and O–H groups in total. The minimum atomic E-state index is -4.96. The molecular weight excluding hydrogens is 1260 g/mol. The van der Waals surface area contributed by atoms with Crippen molar-refractivity contribution < 1.29 is 80.2 Å². The number of unbranched alkanes of at least 4 members (excludes halogenated alkanes) is 52. The Morgan fingerprint density at radius 3 is 0.615 bits per heavy atom. The average Bonchev–Trinajstić information content (AvgIpc) is 3.12. The van der Waals surface area contributed by atoms with Crippen molar-refractivity contribution in [1.29, 1.82) is 0 Å². The Morgan fingerprint density at radius 2 is 0.417 bits per heavy atom. The summed E-state index contributed by atoms with van der Waals surface area (Å²) in [5.74, 6) is -2.11. The van der Waals surface area contributed by atoms with Crippen molar-refractivity contribution in [3.05, 3.63) is 0 Å². The second-order valence-electron chi connectivity index (χ2n) is 27.7. The molecule has 0 aliphatic rings. The van der Waals surface area contributed by atoms with Crippen LogP contribution in [0.25, 0.3) is 0 Å². The summed E-state index contributed by atoms with van der Waals surface area (Å²) in [6, 6.07) is 0. The van der Waals surface area contributed by atoms with Gasteiger partial charge in [0.15, 0.2) is 12.2 Å². The van der Waals surface area contributed by atoms with E-state index in [-0.39, 0.29) is 25.7 Å². The summed E-state index contributed by atoms with van der Waals surface area (Å²) in [5.41, 5.74) is 0. The van der Waals surface area contributed by atoms with E-state index in [0.29, 0.717) is 25.7 Å². The van der Waals surface area contributed by atoms with E-state index in [1.165, 1.54) is 244 Å². The maximum absolute atomic E-state index is 13.1. The van der Waals surface area contributed by atoms with Crippen molar-refractivity contribution in [3.8, 4) is 0 Å². The fourth-order valence-corrected chi connectivity index (χ4v) is 13.5. The van der Waals surface area contributed by atoms with Crippen LogP contribution >= 0.6 is 15.6 Å². The molecule has 0 rings (SSSR count). The second kappa shape index (κ2) is 71.5. The van der Waals surface area contributed by atoms with Gasteiger partial charge in [-0.1, -0.05) is 362 Å². The summed E-state index contributed by atoms with van der Waals surface area (Å²) >= 11 is 0. The molecule has 96 heavy (non-hydrogen) atoms. The molecule has 0 saturated carbocycles. The number of aliphatic hydroxyl groups is 1. The van der Waals surface area contributed by atoms with E-state index < -0.39 is 97.5 Å². The Hall–Kier alpha value is -1.94. The minimum absolute atomic E-state index is 0.109. The first kappa shape index (κ1) is 94.1. The topological polar surface area (TPSA) is 237 Å². The quantitative estimate of drug-likeness (QED) is 0.0222. The Bertz CT molecular complexity index is 1830. The molecule has 5 atom stereocenters. The lowest BCUT2D eigenvalue weighted by Gasteiger charge is -2.21. The predicted octanol–water partition coefficient (Wildman–Crippen LogP) is 23.0. The molecule has 19 heteroatoms. The van der Waals surface area contributed by atoms with Gasteiger partial charge in [0.2, 0.25) is 0 Å². The van der Waals surface area contributed by atoms with Gasteiger partial charge in [0, 0.05) is 25.7 Å². The molecule has 0 heterocycles. The third-order valence-corrected chi connectivity index (χ3v) is 20.0. The zero-order valence-corrected chi connectivity index (χ0v) is 64.1. The molecule has 0 aromatic carbocycles. The molecule has 0 radical (unpaired) electrons. The first-order valence-electron chi connectivity index (χ1n) is 40.3. The maximum atomic E-state index is 13.1. The standard InChI is InChI=1S/C77H150O17P2/c1-5-9-13-17-21-25-29-33-34-35-36-40-42-46-50-54-58-62-75(80)88-68-73(94-77(82)64-60-56-52-48-44-39-32-28-24-20-16-12-8-4)70-92-96(85,86)90-66-71(78)65-89-95(83,84)91-69-72(93-76(81)63-59-55-51-47-43-38-31-27-23-19-15-11-7-3)67-87-74(79)61-57-53-49-45-41-37-30-26-22-18-14-10-6-2/h71-73,78H,5-70H2,1-4H3,(H,83,84)(H,85,86)/t71-,72-,73-/m1/s1. The summed E-state index contributed by atoms with van der Waals surface area (Å²) < 4.78 is 68.6. The van der Waals surface area contributed by atoms with Gasteiger partial charge in [-0.3, -0.25) is 37.3 Å². The smallest absolute Gasteiger partial charge is 0.462 e. The van der Waals surface area contributed by atoms with Crippen LogP contribution in [0.4, 0.5) is 0 Å². The summed E-state index contributed by atoms with van der Waals surface area (Å²) in [6.07, 6.45) is 62.2. The van der Waals surface area contributed by atoms with E-state index in [9.17, 15) is 43.2 Å². The van der Waals surface area contributed by atoms with Gasteiger partial charge in [-0.15, -0.1) is 0 Å². The van der Waals surface area contributed by atoms with E-state index >= 15 is 0 Å².